The van der Waals surface area contributed by atoms with Gasteiger partial charge < -0.3 is 25.6 Å². The van der Waals surface area contributed by atoms with Crippen LogP contribution in [-0.2, 0) is 4.79 Å². The molecule has 5 nitrogen and oxygen atoms in total. The summed E-state index contributed by atoms with van der Waals surface area (Å²) in [5, 5.41) is 25.7. The predicted molar refractivity (Wildman–Crippen MR) is 65.4 cm³/mol. The van der Waals surface area contributed by atoms with Gasteiger partial charge in [0.15, 0.2) is 0 Å². The van der Waals surface area contributed by atoms with E-state index >= 15 is 0 Å². The second-order valence-electron chi connectivity index (χ2n) is 3.98. The van der Waals surface area contributed by atoms with Crippen molar-refractivity contribution in [1.29, 1.82) is 0 Å². The topological polar surface area (TPSA) is 84.4 Å². The molecule has 0 heterocycles. The number of allylic oxidation sites excluding steroid dienone is 1. The molecule has 0 aliphatic carbocycles. The van der Waals surface area contributed by atoms with Crippen molar-refractivity contribution >= 4 is 5.97 Å². The zero-order valence-corrected chi connectivity index (χ0v) is 14.7. The second-order valence-corrected chi connectivity index (χ2v) is 3.98. The zero-order chi connectivity index (χ0) is 13.1. The molecule has 0 aromatic heterocycles. The monoisotopic (exact) mass is 282 g/mol. The van der Waals surface area contributed by atoms with Crippen molar-refractivity contribution in [2.45, 2.75) is 38.8 Å². The number of rotatable bonds is 10. The summed E-state index contributed by atoms with van der Waals surface area (Å²) in [6.07, 6.45) is 5.29. The van der Waals surface area contributed by atoms with Crippen LogP contribution in [-0.4, -0.2) is 42.9 Å². The maximum Gasteiger partial charge on any atom is 1.00 e. The average Bonchev–Trinajstić information content (AvgIpc) is 2.28. The van der Waals surface area contributed by atoms with Gasteiger partial charge in [0.05, 0.1) is 12.1 Å². The van der Waals surface area contributed by atoms with Crippen LogP contribution in [0.25, 0.3) is 0 Å². The molecule has 0 aromatic carbocycles. The van der Waals surface area contributed by atoms with Crippen LogP contribution in [0.15, 0.2) is 12.2 Å². The van der Waals surface area contributed by atoms with Gasteiger partial charge in [-0.1, -0.05) is 25.5 Å². The molecule has 2 unspecified atom stereocenters. The van der Waals surface area contributed by atoms with E-state index in [0.29, 0.717) is 19.6 Å². The molecule has 0 bridgehead atoms. The van der Waals surface area contributed by atoms with Crippen LogP contribution in [0.4, 0.5) is 0 Å². The van der Waals surface area contributed by atoms with E-state index in [0.717, 1.165) is 12.8 Å². The molecule has 0 spiro atoms. The minimum atomic E-state index is -1.10. The Bertz CT molecular complexity index is 237. The van der Waals surface area contributed by atoms with Crippen LogP contribution in [0.2, 0.25) is 0 Å². The molecule has 0 fully saturated rings. The molecule has 0 rings (SSSR count). The summed E-state index contributed by atoms with van der Waals surface area (Å²) in [7, 11) is 0. The summed E-state index contributed by atoms with van der Waals surface area (Å²) in [6, 6.07) is -0.647. The third-order valence-electron chi connectivity index (χ3n) is 2.27. The number of unbranched alkanes of at least 4 members (excludes halogenated alkanes) is 1. The molecule has 0 amide bonds. The van der Waals surface area contributed by atoms with Crippen LogP contribution >= 0.6 is 0 Å². The maximum absolute atomic E-state index is 10.4. The van der Waals surface area contributed by atoms with E-state index in [9.17, 15) is 15.0 Å². The van der Waals surface area contributed by atoms with Crippen LogP contribution < -0.4 is 67.1 Å². The molecule has 2 atom stereocenters. The Balaban J connectivity index is 0. The molecule has 0 aliphatic heterocycles. The van der Waals surface area contributed by atoms with Gasteiger partial charge in [-0.25, -0.2) is 0 Å². The SMILES string of the molecule is CCC/C=C/C(O)CNCCNC(C)C(=O)[O-].[K+]. The number of aliphatic hydroxyl groups excluding tert-OH is 1. The van der Waals surface area contributed by atoms with Crippen molar-refractivity contribution in [3.05, 3.63) is 12.2 Å². The molecular weight excluding hydrogens is 259 g/mol. The molecule has 0 aromatic rings. The second kappa shape index (κ2) is 14.1. The molecule has 100 valence electrons. The Labute approximate surface area is 152 Å². The van der Waals surface area contributed by atoms with E-state index in [-0.39, 0.29) is 51.4 Å². The average molecular weight is 282 g/mol. The van der Waals surface area contributed by atoms with E-state index < -0.39 is 18.1 Å². The Morgan fingerprint density at radius 2 is 2.11 bits per heavy atom. The zero-order valence-electron chi connectivity index (χ0n) is 11.6. The normalized spacial score (nSPS) is 14.2. The molecule has 0 radical (unpaired) electrons. The van der Waals surface area contributed by atoms with Crippen LogP contribution in [0.3, 0.4) is 0 Å². The van der Waals surface area contributed by atoms with Gasteiger partial charge in [0.2, 0.25) is 0 Å². The molecule has 6 heteroatoms. The van der Waals surface area contributed by atoms with Crippen LogP contribution in [0.1, 0.15) is 26.7 Å². The number of aliphatic carboxylic acids is 1. The third kappa shape index (κ3) is 13.2. The maximum atomic E-state index is 10.4. The molecule has 0 saturated carbocycles. The minimum Gasteiger partial charge on any atom is -0.548 e. The van der Waals surface area contributed by atoms with Gasteiger partial charge in [0.25, 0.3) is 0 Å². The smallest absolute Gasteiger partial charge is 0.548 e. The van der Waals surface area contributed by atoms with Gasteiger partial charge in [-0.2, -0.15) is 0 Å². The van der Waals surface area contributed by atoms with Gasteiger partial charge in [-0.05, 0) is 13.3 Å². The first-order valence-electron chi connectivity index (χ1n) is 6.07. The van der Waals surface area contributed by atoms with E-state index in [4.69, 9.17) is 0 Å². The summed E-state index contributed by atoms with van der Waals surface area (Å²) in [5.74, 6) is -1.10. The number of nitrogens with one attached hydrogen (secondary N) is 2. The van der Waals surface area contributed by atoms with Crippen molar-refractivity contribution in [3.8, 4) is 0 Å². The Hall–Kier alpha value is 0.726. The van der Waals surface area contributed by atoms with Crippen molar-refractivity contribution in [2.24, 2.45) is 0 Å². The number of carbonyl (C=O) groups is 1. The molecule has 18 heavy (non-hydrogen) atoms. The van der Waals surface area contributed by atoms with Crippen molar-refractivity contribution in [3.63, 3.8) is 0 Å². The van der Waals surface area contributed by atoms with Gasteiger partial charge in [0.1, 0.15) is 0 Å². The Morgan fingerprint density at radius 3 is 2.67 bits per heavy atom. The molecular formula is C12H23KN2O3. The quantitative estimate of drug-likeness (QED) is 0.216. The predicted octanol–water partition coefficient (Wildman–Crippen LogP) is -3.97. The number of hydrogen-bond acceptors (Lipinski definition) is 5. The van der Waals surface area contributed by atoms with Crippen molar-refractivity contribution in [2.75, 3.05) is 19.6 Å². The molecule has 0 aliphatic rings. The molecule has 0 saturated heterocycles. The number of carboxylic acid groups (broad SMARTS) is 1. The number of hydrogen-bond donors (Lipinski definition) is 3. The standard InChI is InChI=1S/C12H24N2O3.K/c1-3-4-5-6-11(15)9-13-7-8-14-10(2)12(16)17;/h5-6,10-11,13-15H,3-4,7-9H2,1-2H3,(H,16,17);/q;+1/p-1/b6-5+;. The first-order valence-corrected chi connectivity index (χ1v) is 6.07. The van der Waals surface area contributed by atoms with Gasteiger partial charge >= 0.3 is 51.4 Å². The molecule has 3 N–H and O–H groups in total. The number of carbonyl (C=O) groups excluding carboxylic acids is 1. The van der Waals surface area contributed by atoms with Gasteiger partial charge in [-0.15, -0.1) is 0 Å². The summed E-state index contributed by atoms with van der Waals surface area (Å²) >= 11 is 0. The fourth-order valence-corrected chi connectivity index (χ4v) is 1.20. The Kier molecular flexibility index (Phi) is 16.5. The summed E-state index contributed by atoms with van der Waals surface area (Å²) in [4.78, 5) is 10.4. The largest absolute Gasteiger partial charge is 1.00 e. The van der Waals surface area contributed by atoms with Gasteiger partial charge in [0, 0.05) is 25.7 Å². The first kappa shape index (κ1) is 21.0. The van der Waals surface area contributed by atoms with E-state index in [1.54, 1.807) is 6.08 Å². The van der Waals surface area contributed by atoms with Gasteiger partial charge in [-0.3, -0.25) is 0 Å². The first-order chi connectivity index (χ1) is 8.07. The van der Waals surface area contributed by atoms with Crippen LogP contribution in [0, 0.1) is 0 Å². The van der Waals surface area contributed by atoms with E-state index in [2.05, 4.69) is 17.6 Å². The number of aliphatic hydroxyl groups is 1. The summed E-state index contributed by atoms with van der Waals surface area (Å²) < 4.78 is 0. The van der Waals surface area contributed by atoms with Crippen molar-refractivity contribution < 1.29 is 66.4 Å². The summed E-state index contributed by atoms with van der Waals surface area (Å²) in [5.41, 5.74) is 0. The Morgan fingerprint density at radius 1 is 1.44 bits per heavy atom. The number of carboxylic acids is 1. The van der Waals surface area contributed by atoms with Crippen LogP contribution in [0.5, 0.6) is 0 Å². The third-order valence-corrected chi connectivity index (χ3v) is 2.27. The van der Waals surface area contributed by atoms with Crippen molar-refractivity contribution in [1.82, 2.24) is 10.6 Å². The summed E-state index contributed by atoms with van der Waals surface area (Å²) in [6.45, 7) is 5.23. The van der Waals surface area contributed by atoms with E-state index in [1.165, 1.54) is 6.92 Å². The minimum absolute atomic E-state index is 0. The fraction of sp³-hybridized carbons (Fsp3) is 0.750. The fourth-order valence-electron chi connectivity index (χ4n) is 1.20. The van der Waals surface area contributed by atoms with E-state index in [1.807, 2.05) is 6.08 Å².